The van der Waals surface area contributed by atoms with Gasteiger partial charge in [0.1, 0.15) is 0 Å². The van der Waals surface area contributed by atoms with Gasteiger partial charge in [-0.1, -0.05) is 6.92 Å². The Morgan fingerprint density at radius 3 is 2.93 bits per heavy atom. The topological polar surface area (TPSA) is 75.4 Å². The van der Waals surface area contributed by atoms with E-state index in [0.29, 0.717) is 13.0 Å². The van der Waals surface area contributed by atoms with Crippen molar-refractivity contribution in [2.75, 3.05) is 20.1 Å². The molecule has 1 rings (SSSR count). The molecule has 0 radical (unpaired) electrons. The summed E-state index contributed by atoms with van der Waals surface area (Å²) in [7, 11) is 1.55. The molecule has 0 aromatic rings. The quantitative estimate of drug-likeness (QED) is 0.594. The van der Waals surface area contributed by atoms with Crippen LogP contribution in [0.15, 0.2) is 0 Å². The molecule has 0 aliphatic carbocycles. The second-order valence-electron chi connectivity index (χ2n) is 3.79. The van der Waals surface area contributed by atoms with E-state index in [1.165, 1.54) is 4.90 Å². The number of hydrogen-bond acceptors (Lipinski definition) is 3. The van der Waals surface area contributed by atoms with Crippen LogP contribution in [0.5, 0.6) is 0 Å². The SMILES string of the molecule is CNC(=O)CN1CC(N)C(C)CC1=O. The minimum atomic E-state index is -0.153. The largest absolute Gasteiger partial charge is 0.358 e. The molecule has 1 fully saturated rings. The lowest BCUT2D eigenvalue weighted by Crippen LogP contribution is -2.52. The molecular weight excluding hydrogens is 182 g/mol. The standard InChI is InChI=1S/C9H17N3O2/c1-6-3-9(14)12(4-7(6)10)5-8(13)11-2/h6-7H,3-5,10H2,1-2H3,(H,11,13). The first-order chi connectivity index (χ1) is 6.54. The van der Waals surface area contributed by atoms with Crippen molar-refractivity contribution in [3.63, 3.8) is 0 Å². The van der Waals surface area contributed by atoms with Crippen molar-refractivity contribution in [1.29, 1.82) is 0 Å². The fraction of sp³-hybridized carbons (Fsp3) is 0.778. The lowest BCUT2D eigenvalue weighted by molar-refractivity contribution is -0.139. The van der Waals surface area contributed by atoms with Gasteiger partial charge in [-0.15, -0.1) is 0 Å². The molecule has 0 bridgehead atoms. The second kappa shape index (κ2) is 4.41. The van der Waals surface area contributed by atoms with Gasteiger partial charge in [0.25, 0.3) is 0 Å². The molecule has 0 aromatic heterocycles. The van der Waals surface area contributed by atoms with Crippen LogP contribution >= 0.6 is 0 Å². The number of likely N-dealkylation sites (N-methyl/N-ethyl adjacent to an activating group) is 1. The maximum Gasteiger partial charge on any atom is 0.239 e. The number of nitrogens with two attached hydrogens (primary N) is 1. The Morgan fingerprint density at radius 1 is 1.71 bits per heavy atom. The third-order valence-electron chi connectivity index (χ3n) is 2.62. The van der Waals surface area contributed by atoms with Gasteiger partial charge in [-0.2, -0.15) is 0 Å². The van der Waals surface area contributed by atoms with Crippen molar-refractivity contribution < 1.29 is 9.59 Å². The summed E-state index contributed by atoms with van der Waals surface area (Å²) in [6.07, 6.45) is 0.443. The van der Waals surface area contributed by atoms with Crippen LogP contribution in [0.3, 0.4) is 0 Å². The summed E-state index contributed by atoms with van der Waals surface area (Å²) in [6, 6.07) is -0.0163. The Morgan fingerprint density at radius 2 is 2.36 bits per heavy atom. The number of rotatable bonds is 2. The summed E-state index contributed by atoms with van der Waals surface area (Å²) in [6.45, 7) is 2.56. The number of carbonyl (C=O) groups is 2. The molecule has 5 heteroatoms. The number of amides is 2. The fourth-order valence-electron chi connectivity index (χ4n) is 1.50. The number of nitrogens with zero attached hydrogens (tertiary/aromatic N) is 1. The summed E-state index contributed by atoms with van der Waals surface area (Å²) in [5.74, 6) is 0.0753. The van der Waals surface area contributed by atoms with Gasteiger partial charge in [0, 0.05) is 26.1 Å². The van der Waals surface area contributed by atoms with Crippen molar-refractivity contribution in [2.24, 2.45) is 11.7 Å². The molecule has 14 heavy (non-hydrogen) atoms. The first-order valence-corrected chi connectivity index (χ1v) is 4.78. The van der Waals surface area contributed by atoms with Gasteiger partial charge >= 0.3 is 0 Å². The zero-order valence-electron chi connectivity index (χ0n) is 8.62. The molecule has 3 N–H and O–H groups in total. The second-order valence-corrected chi connectivity index (χ2v) is 3.79. The molecule has 5 nitrogen and oxygen atoms in total. The third kappa shape index (κ3) is 2.45. The average Bonchev–Trinajstić information content (AvgIpc) is 2.14. The highest BCUT2D eigenvalue weighted by Crippen LogP contribution is 2.16. The number of nitrogens with one attached hydrogen (secondary N) is 1. The molecule has 0 spiro atoms. The van der Waals surface area contributed by atoms with E-state index in [1.54, 1.807) is 7.05 Å². The van der Waals surface area contributed by atoms with Gasteiger partial charge in [-0.25, -0.2) is 0 Å². The highest BCUT2D eigenvalue weighted by molar-refractivity contribution is 5.85. The predicted molar refractivity (Wildman–Crippen MR) is 52.4 cm³/mol. The van der Waals surface area contributed by atoms with Crippen LogP contribution in [0.25, 0.3) is 0 Å². The van der Waals surface area contributed by atoms with Crippen molar-refractivity contribution in [1.82, 2.24) is 10.2 Å². The summed E-state index contributed by atoms with van der Waals surface area (Å²) in [4.78, 5) is 24.1. The Hall–Kier alpha value is -1.10. The molecule has 1 aliphatic rings. The lowest BCUT2D eigenvalue weighted by Gasteiger charge is -2.34. The maximum absolute atomic E-state index is 11.5. The van der Waals surface area contributed by atoms with Crippen LogP contribution in [0.1, 0.15) is 13.3 Å². The van der Waals surface area contributed by atoms with Crippen LogP contribution in [0.4, 0.5) is 0 Å². The fourth-order valence-corrected chi connectivity index (χ4v) is 1.50. The monoisotopic (exact) mass is 199 g/mol. The normalized spacial score (nSPS) is 27.6. The van der Waals surface area contributed by atoms with Gasteiger partial charge in [-0.3, -0.25) is 9.59 Å². The highest BCUT2D eigenvalue weighted by Gasteiger charge is 2.29. The van der Waals surface area contributed by atoms with Crippen LogP contribution in [0, 0.1) is 5.92 Å². The zero-order chi connectivity index (χ0) is 10.7. The van der Waals surface area contributed by atoms with Crippen LogP contribution < -0.4 is 11.1 Å². The summed E-state index contributed by atoms with van der Waals surface area (Å²) < 4.78 is 0. The van der Waals surface area contributed by atoms with Gasteiger partial charge in [0.2, 0.25) is 11.8 Å². The maximum atomic E-state index is 11.5. The molecule has 1 heterocycles. The van der Waals surface area contributed by atoms with E-state index in [1.807, 2.05) is 6.92 Å². The lowest BCUT2D eigenvalue weighted by atomic mass is 9.94. The van der Waals surface area contributed by atoms with Crippen LogP contribution in [-0.2, 0) is 9.59 Å². The molecule has 2 unspecified atom stereocenters. The van der Waals surface area contributed by atoms with Crippen molar-refractivity contribution in [3.05, 3.63) is 0 Å². The first kappa shape index (κ1) is 11.0. The summed E-state index contributed by atoms with van der Waals surface area (Å²) in [5.41, 5.74) is 5.82. The van der Waals surface area contributed by atoms with Gasteiger partial charge in [0.15, 0.2) is 0 Å². The molecule has 80 valence electrons. The minimum absolute atomic E-state index is 0.0163. The van der Waals surface area contributed by atoms with E-state index in [2.05, 4.69) is 5.32 Å². The summed E-state index contributed by atoms with van der Waals surface area (Å²) >= 11 is 0. The van der Waals surface area contributed by atoms with Gasteiger partial charge in [0.05, 0.1) is 6.54 Å². The smallest absolute Gasteiger partial charge is 0.239 e. The molecule has 1 saturated heterocycles. The van der Waals surface area contributed by atoms with Crippen molar-refractivity contribution in [3.8, 4) is 0 Å². The Kier molecular flexibility index (Phi) is 3.46. The molecule has 1 aliphatic heterocycles. The summed E-state index contributed by atoms with van der Waals surface area (Å²) in [5, 5.41) is 2.49. The Labute approximate surface area is 83.6 Å². The first-order valence-electron chi connectivity index (χ1n) is 4.78. The molecule has 2 amide bonds. The predicted octanol–water partition coefficient (Wildman–Crippen LogP) is -1.07. The molecule has 2 atom stereocenters. The van der Waals surface area contributed by atoms with E-state index < -0.39 is 0 Å². The Balaban J connectivity index is 2.53. The van der Waals surface area contributed by atoms with E-state index in [9.17, 15) is 9.59 Å². The van der Waals surface area contributed by atoms with E-state index in [4.69, 9.17) is 5.73 Å². The number of likely N-dealkylation sites (tertiary alicyclic amines) is 1. The van der Waals surface area contributed by atoms with Crippen LogP contribution in [-0.4, -0.2) is 42.9 Å². The average molecular weight is 199 g/mol. The molecular formula is C9H17N3O2. The highest BCUT2D eigenvalue weighted by atomic mass is 16.2. The third-order valence-corrected chi connectivity index (χ3v) is 2.62. The van der Waals surface area contributed by atoms with Crippen molar-refractivity contribution >= 4 is 11.8 Å². The van der Waals surface area contributed by atoms with E-state index in [-0.39, 0.29) is 30.3 Å². The molecule has 0 saturated carbocycles. The van der Waals surface area contributed by atoms with E-state index in [0.717, 1.165) is 0 Å². The molecule has 0 aromatic carbocycles. The number of piperidine rings is 1. The zero-order valence-corrected chi connectivity index (χ0v) is 8.62. The number of carbonyl (C=O) groups excluding carboxylic acids is 2. The van der Waals surface area contributed by atoms with Crippen LogP contribution in [0.2, 0.25) is 0 Å². The van der Waals surface area contributed by atoms with Gasteiger partial charge in [-0.05, 0) is 5.92 Å². The Bertz CT molecular complexity index is 242. The number of hydrogen-bond donors (Lipinski definition) is 2. The minimum Gasteiger partial charge on any atom is -0.358 e. The van der Waals surface area contributed by atoms with Gasteiger partial charge < -0.3 is 16.0 Å². The van der Waals surface area contributed by atoms with E-state index >= 15 is 0 Å². The van der Waals surface area contributed by atoms with Crippen molar-refractivity contribution in [2.45, 2.75) is 19.4 Å².